The lowest BCUT2D eigenvalue weighted by atomic mass is 9.84. The summed E-state index contributed by atoms with van der Waals surface area (Å²) < 4.78 is 0. The minimum Gasteiger partial charge on any atom is -0.385 e. The van der Waals surface area contributed by atoms with Crippen molar-refractivity contribution in [1.29, 1.82) is 0 Å². The monoisotopic (exact) mass is 279 g/mol. The molecule has 1 heterocycles. The predicted molar refractivity (Wildman–Crippen MR) is 83.3 cm³/mol. The van der Waals surface area contributed by atoms with E-state index in [1.165, 1.54) is 0 Å². The van der Waals surface area contributed by atoms with Gasteiger partial charge in [-0.15, -0.1) is 0 Å². The third-order valence-electron chi connectivity index (χ3n) is 3.88. The van der Waals surface area contributed by atoms with E-state index in [9.17, 15) is 4.79 Å². The van der Waals surface area contributed by atoms with E-state index >= 15 is 0 Å². The zero-order chi connectivity index (χ0) is 14.8. The minimum absolute atomic E-state index is 0.0207. The van der Waals surface area contributed by atoms with Gasteiger partial charge in [0.15, 0.2) is 0 Å². The van der Waals surface area contributed by atoms with Gasteiger partial charge in [0, 0.05) is 13.0 Å². The van der Waals surface area contributed by atoms with Gasteiger partial charge in [0.2, 0.25) is 0 Å². The third-order valence-corrected chi connectivity index (χ3v) is 3.88. The summed E-state index contributed by atoms with van der Waals surface area (Å²) in [6.07, 6.45) is 0. The van der Waals surface area contributed by atoms with Gasteiger partial charge in [-0.05, 0) is 11.1 Å². The Morgan fingerprint density at radius 1 is 1.00 bits per heavy atom. The summed E-state index contributed by atoms with van der Waals surface area (Å²) in [6, 6.07) is 19.6. The highest BCUT2D eigenvalue weighted by molar-refractivity contribution is 6.03. The van der Waals surface area contributed by atoms with Gasteiger partial charge in [-0.25, -0.2) is 4.79 Å². The topological polar surface area (TPSA) is 58.7 Å². The van der Waals surface area contributed by atoms with E-state index in [4.69, 9.17) is 5.73 Å². The second-order valence-electron chi connectivity index (χ2n) is 5.17. The number of aliphatic imine (C=N–C) groups is 1. The fourth-order valence-corrected chi connectivity index (χ4v) is 2.84. The lowest BCUT2D eigenvalue weighted by molar-refractivity contribution is 0.215. The average molecular weight is 279 g/mol. The maximum atomic E-state index is 11.8. The van der Waals surface area contributed by atoms with E-state index < -0.39 is 0 Å². The van der Waals surface area contributed by atoms with E-state index in [-0.39, 0.29) is 18.0 Å². The molecule has 4 heteroatoms. The molecule has 106 valence electrons. The summed E-state index contributed by atoms with van der Waals surface area (Å²) in [5, 5.41) is 0. The van der Waals surface area contributed by atoms with Gasteiger partial charge >= 0.3 is 6.03 Å². The Kier molecular flexibility index (Phi) is 3.44. The summed E-state index contributed by atoms with van der Waals surface area (Å²) in [5.74, 6) is 0.354. The number of nitrogens with two attached hydrogens (primary N) is 1. The molecule has 0 spiro atoms. The highest BCUT2D eigenvalue weighted by atomic mass is 16.2. The molecule has 0 aliphatic carbocycles. The first-order valence-corrected chi connectivity index (χ1v) is 6.89. The van der Waals surface area contributed by atoms with E-state index in [2.05, 4.69) is 29.3 Å². The van der Waals surface area contributed by atoms with Crippen molar-refractivity contribution in [3.63, 3.8) is 0 Å². The van der Waals surface area contributed by atoms with Crippen molar-refractivity contribution >= 4 is 11.9 Å². The lowest BCUT2D eigenvalue weighted by Crippen LogP contribution is -2.42. The Labute approximate surface area is 123 Å². The van der Waals surface area contributed by atoms with Gasteiger partial charge < -0.3 is 10.6 Å². The Morgan fingerprint density at radius 2 is 1.48 bits per heavy atom. The third kappa shape index (κ3) is 2.40. The molecule has 2 aromatic rings. The average Bonchev–Trinajstić information content (AvgIpc) is 2.76. The number of hydrogen-bond acceptors (Lipinski definition) is 2. The molecule has 0 saturated heterocycles. The molecule has 2 amide bonds. The number of benzene rings is 2. The second-order valence-corrected chi connectivity index (χ2v) is 5.17. The molecular weight excluding hydrogens is 262 g/mol. The highest BCUT2D eigenvalue weighted by Gasteiger charge is 2.38. The minimum atomic E-state index is -0.283. The van der Waals surface area contributed by atoms with E-state index in [1.54, 1.807) is 11.9 Å². The van der Waals surface area contributed by atoms with Crippen LogP contribution in [0.15, 0.2) is 65.7 Å². The normalized spacial score (nSPS) is 18.2. The van der Waals surface area contributed by atoms with Crippen molar-refractivity contribution in [2.45, 2.75) is 12.0 Å². The van der Waals surface area contributed by atoms with Gasteiger partial charge in [-0.3, -0.25) is 0 Å². The fraction of sp³-hybridized carbons (Fsp3) is 0.176. The molecule has 2 aromatic carbocycles. The maximum absolute atomic E-state index is 11.8. The van der Waals surface area contributed by atoms with Gasteiger partial charge in [-0.1, -0.05) is 60.7 Å². The Morgan fingerprint density at radius 3 is 1.86 bits per heavy atom. The van der Waals surface area contributed by atoms with Crippen LogP contribution in [0.3, 0.4) is 0 Å². The van der Waals surface area contributed by atoms with Gasteiger partial charge in [-0.2, -0.15) is 4.99 Å². The zero-order valence-electron chi connectivity index (χ0n) is 11.8. The van der Waals surface area contributed by atoms with Gasteiger partial charge in [0.1, 0.15) is 11.9 Å². The highest BCUT2D eigenvalue weighted by Crippen LogP contribution is 2.32. The zero-order valence-corrected chi connectivity index (χ0v) is 11.8. The number of rotatable bonds is 3. The van der Waals surface area contributed by atoms with Crippen LogP contribution in [0.2, 0.25) is 0 Å². The van der Waals surface area contributed by atoms with Crippen molar-refractivity contribution in [2.75, 3.05) is 7.05 Å². The summed E-state index contributed by atoms with van der Waals surface area (Å²) in [6.45, 7) is 0. The number of amides is 2. The first-order valence-electron chi connectivity index (χ1n) is 6.89. The molecule has 0 bridgehead atoms. The molecule has 21 heavy (non-hydrogen) atoms. The predicted octanol–water partition coefficient (Wildman–Crippen LogP) is 2.61. The van der Waals surface area contributed by atoms with Crippen molar-refractivity contribution in [3.8, 4) is 0 Å². The molecule has 1 aliphatic heterocycles. The number of urea groups is 1. The van der Waals surface area contributed by atoms with Crippen LogP contribution in [0.4, 0.5) is 4.79 Å². The molecular formula is C17H17N3O. The van der Waals surface area contributed by atoms with Crippen LogP contribution in [-0.2, 0) is 0 Å². The standard InChI is InChI=1S/C17H17N3O/c1-20-15(16(18)19-17(20)21)14(12-8-4-2-5-9-12)13-10-6-3-7-11-13/h2-11,14-15H,1H3,(H2,18,19,21). The Balaban J connectivity index is 2.10. The van der Waals surface area contributed by atoms with Crippen molar-refractivity contribution in [2.24, 2.45) is 10.7 Å². The van der Waals surface area contributed by atoms with Crippen LogP contribution in [0.1, 0.15) is 17.0 Å². The molecule has 2 N–H and O–H groups in total. The molecule has 1 aliphatic rings. The summed E-state index contributed by atoms with van der Waals surface area (Å²) in [5.41, 5.74) is 8.26. The molecule has 0 fully saturated rings. The maximum Gasteiger partial charge on any atom is 0.345 e. The summed E-state index contributed by atoms with van der Waals surface area (Å²) >= 11 is 0. The van der Waals surface area contributed by atoms with Crippen molar-refractivity contribution in [3.05, 3.63) is 71.8 Å². The van der Waals surface area contributed by atoms with E-state index in [0.29, 0.717) is 5.84 Å². The fourth-order valence-electron chi connectivity index (χ4n) is 2.84. The van der Waals surface area contributed by atoms with Crippen LogP contribution in [0.5, 0.6) is 0 Å². The number of likely N-dealkylation sites (N-methyl/N-ethyl adjacent to an activating group) is 1. The van der Waals surface area contributed by atoms with Crippen molar-refractivity contribution < 1.29 is 4.79 Å². The molecule has 1 unspecified atom stereocenters. The largest absolute Gasteiger partial charge is 0.385 e. The number of hydrogen-bond donors (Lipinski definition) is 1. The molecule has 0 radical (unpaired) electrons. The van der Waals surface area contributed by atoms with Crippen LogP contribution in [0, 0.1) is 0 Å². The first-order chi connectivity index (χ1) is 10.2. The quantitative estimate of drug-likeness (QED) is 0.939. The molecule has 1 atom stereocenters. The molecule has 0 saturated carbocycles. The van der Waals surface area contributed by atoms with E-state index in [0.717, 1.165) is 11.1 Å². The van der Waals surface area contributed by atoms with Crippen LogP contribution in [0.25, 0.3) is 0 Å². The Hall–Kier alpha value is -2.62. The SMILES string of the molecule is CN1C(=O)N=C(N)C1C(c1ccccc1)c1ccccc1. The molecule has 4 nitrogen and oxygen atoms in total. The number of nitrogens with zero attached hydrogens (tertiary/aromatic N) is 2. The molecule has 0 aromatic heterocycles. The number of amidine groups is 1. The molecule has 3 rings (SSSR count). The van der Waals surface area contributed by atoms with Crippen LogP contribution >= 0.6 is 0 Å². The lowest BCUT2D eigenvalue weighted by Gasteiger charge is -2.29. The van der Waals surface area contributed by atoms with Gasteiger partial charge in [0.25, 0.3) is 0 Å². The first kappa shape index (κ1) is 13.4. The second kappa shape index (κ2) is 5.40. The van der Waals surface area contributed by atoms with Crippen LogP contribution < -0.4 is 5.73 Å². The smallest absolute Gasteiger partial charge is 0.345 e. The van der Waals surface area contributed by atoms with E-state index in [1.807, 2.05) is 36.4 Å². The Bertz CT molecular complexity index is 627. The summed E-state index contributed by atoms with van der Waals surface area (Å²) in [7, 11) is 1.75. The summed E-state index contributed by atoms with van der Waals surface area (Å²) in [4.78, 5) is 17.3. The van der Waals surface area contributed by atoms with Crippen molar-refractivity contribution in [1.82, 2.24) is 4.90 Å². The van der Waals surface area contributed by atoms with Gasteiger partial charge in [0.05, 0.1) is 0 Å². The number of carbonyl (C=O) groups is 1. The van der Waals surface area contributed by atoms with Crippen LogP contribution in [-0.4, -0.2) is 29.9 Å². The number of carbonyl (C=O) groups excluding carboxylic acids is 1.